The van der Waals surface area contributed by atoms with Crippen LogP contribution >= 0.6 is 0 Å². The van der Waals surface area contributed by atoms with Gasteiger partial charge in [0.25, 0.3) is 0 Å². The molecule has 1 rings (SSSR count). The molecule has 0 aliphatic carbocycles. The van der Waals surface area contributed by atoms with E-state index in [1.54, 1.807) is 6.07 Å². The van der Waals surface area contributed by atoms with Crippen molar-refractivity contribution in [1.29, 1.82) is 0 Å². The average molecular weight is 252 g/mol. The van der Waals surface area contributed by atoms with Gasteiger partial charge in [0.05, 0.1) is 0 Å². The summed E-state index contributed by atoms with van der Waals surface area (Å²) in [5.74, 6) is -0.180. The van der Waals surface area contributed by atoms with E-state index >= 15 is 0 Å². The van der Waals surface area contributed by atoms with Crippen LogP contribution in [0.2, 0.25) is 0 Å². The van der Waals surface area contributed by atoms with E-state index in [0.717, 1.165) is 11.3 Å². The fourth-order valence-corrected chi connectivity index (χ4v) is 2.02. The van der Waals surface area contributed by atoms with Crippen LogP contribution in [0.25, 0.3) is 0 Å². The number of benzene rings is 1. The quantitative estimate of drug-likeness (QED) is 0.883. The molecule has 1 unspecified atom stereocenters. The first-order chi connectivity index (χ1) is 8.27. The van der Waals surface area contributed by atoms with Crippen molar-refractivity contribution in [2.24, 2.45) is 5.41 Å². The predicted molar refractivity (Wildman–Crippen MR) is 76.5 cm³/mol. The predicted octanol–water partition coefficient (Wildman–Crippen LogP) is 3.42. The molecule has 1 N–H and O–H groups in total. The summed E-state index contributed by atoms with van der Waals surface area (Å²) in [5.41, 5.74) is 2.27. The smallest absolute Gasteiger partial charge is 0.123 e. The molecule has 3 heteroatoms. The molecule has 18 heavy (non-hydrogen) atoms. The van der Waals surface area contributed by atoms with Crippen molar-refractivity contribution < 1.29 is 4.39 Å². The van der Waals surface area contributed by atoms with E-state index in [1.165, 1.54) is 6.07 Å². The molecule has 0 aliphatic heterocycles. The number of hydrogen-bond donors (Lipinski definition) is 1. The Hall–Kier alpha value is -1.09. The summed E-state index contributed by atoms with van der Waals surface area (Å²) in [6, 6.07) is 5.38. The number of rotatable bonds is 4. The highest BCUT2D eigenvalue weighted by atomic mass is 19.1. The molecule has 1 aromatic carbocycles. The van der Waals surface area contributed by atoms with Gasteiger partial charge in [0.2, 0.25) is 0 Å². The Labute approximate surface area is 110 Å². The molecule has 1 aromatic rings. The van der Waals surface area contributed by atoms with Gasteiger partial charge < -0.3 is 10.2 Å². The molecule has 0 spiro atoms. The maximum atomic E-state index is 13.3. The Morgan fingerprint density at radius 2 is 1.94 bits per heavy atom. The molecule has 0 bridgehead atoms. The molecule has 0 aliphatic rings. The van der Waals surface area contributed by atoms with Crippen molar-refractivity contribution >= 4 is 5.69 Å². The number of nitrogens with one attached hydrogen (secondary N) is 1. The third-order valence-electron chi connectivity index (χ3n) is 3.62. The van der Waals surface area contributed by atoms with E-state index < -0.39 is 0 Å². The van der Waals surface area contributed by atoms with Gasteiger partial charge in [0.1, 0.15) is 5.82 Å². The van der Waals surface area contributed by atoms with Gasteiger partial charge >= 0.3 is 0 Å². The van der Waals surface area contributed by atoms with Crippen LogP contribution in [-0.4, -0.2) is 20.1 Å². The SMILES string of the molecule is CNCc1cc(F)ccc1N(C)C(C)C(C)(C)C. The third-order valence-corrected chi connectivity index (χ3v) is 3.62. The minimum absolute atomic E-state index is 0.180. The van der Waals surface area contributed by atoms with E-state index in [9.17, 15) is 4.39 Å². The molecule has 1 atom stereocenters. The molecule has 0 radical (unpaired) electrons. The van der Waals surface area contributed by atoms with Crippen molar-refractivity contribution in [1.82, 2.24) is 5.32 Å². The van der Waals surface area contributed by atoms with Crippen molar-refractivity contribution in [2.45, 2.75) is 40.3 Å². The van der Waals surface area contributed by atoms with Crippen LogP contribution in [0.3, 0.4) is 0 Å². The number of nitrogens with zero attached hydrogens (tertiary/aromatic N) is 1. The lowest BCUT2D eigenvalue weighted by Gasteiger charge is -2.37. The molecule has 102 valence electrons. The first kappa shape index (κ1) is 15.0. The summed E-state index contributed by atoms with van der Waals surface area (Å²) in [5, 5.41) is 3.09. The summed E-state index contributed by atoms with van der Waals surface area (Å²) >= 11 is 0. The second kappa shape index (κ2) is 5.70. The zero-order chi connectivity index (χ0) is 13.9. The zero-order valence-electron chi connectivity index (χ0n) is 12.3. The Morgan fingerprint density at radius 3 is 2.44 bits per heavy atom. The topological polar surface area (TPSA) is 15.3 Å². The fourth-order valence-electron chi connectivity index (χ4n) is 2.02. The lowest BCUT2D eigenvalue weighted by atomic mass is 9.86. The van der Waals surface area contributed by atoms with Crippen LogP contribution < -0.4 is 10.2 Å². The van der Waals surface area contributed by atoms with E-state index in [2.05, 4.69) is 45.0 Å². The molecule has 0 aromatic heterocycles. The fraction of sp³-hybridized carbons (Fsp3) is 0.600. The first-order valence-electron chi connectivity index (χ1n) is 6.43. The van der Waals surface area contributed by atoms with E-state index in [-0.39, 0.29) is 11.2 Å². The van der Waals surface area contributed by atoms with Gasteiger partial charge in [-0.15, -0.1) is 0 Å². The molecule has 0 fully saturated rings. The Morgan fingerprint density at radius 1 is 1.33 bits per heavy atom. The van der Waals surface area contributed by atoms with Gasteiger partial charge in [0.15, 0.2) is 0 Å². The monoisotopic (exact) mass is 252 g/mol. The summed E-state index contributed by atoms with van der Waals surface area (Å²) in [7, 11) is 3.95. The van der Waals surface area contributed by atoms with Crippen molar-refractivity contribution in [2.75, 3.05) is 19.0 Å². The standard InChI is InChI=1S/C15H25FN2/c1-11(15(2,3)4)18(6)14-8-7-13(16)9-12(14)10-17-5/h7-9,11,17H,10H2,1-6H3. The van der Waals surface area contributed by atoms with Crippen molar-refractivity contribution in [3.8, 4) is 0 Å². The lowest BCUT2D eigenvalue weighted by molar-refractivity contribution is 0.329. The molecular formula is C15H25FN2. The Balaban J connectivity index is 3.08. The highest BCUT2D eigenvalue weighted by molar-refractivity contribution is 5.54. The van der Waals surface area contributed by atoms with Gasteiger partial charge in [0, 0.05) is 25.3 Å². The summed E-state index contributed by atoms with van der Waals surface area (Å²) in [6.45, 7) is 9.53. The van der Waals surface area contributed by atoms with Crippen LogP contribution in [0, 0.1) is 11.2 Å². The van der Waals surface area contributed by atoms with Crippen LogP contribution in [-0.2, 0) is 6.54 Å². The number of halogens is 1. The maximum absolute atomic E-state index is 13.3. The zero-order valence-corrected chi connectivity index (χ0v) is 12.3. The first-order valence-corrected chi connectivity index (χ1v) is 6.43. The average Bonchev–Trinajstić information content (AvgIpc) is 2.26. The minimum Gasteiger partial charge on any atom is -0.371 e. The van der Waals surface area contributed by atoms with Crippen LogP contribution in [0.1, 0.15) is 33.3 Å². The van der Waals surface area contributed by atoms with Crippen LogP contribution in [0.5, 0.6) is 0 Å². The molecule has 0 saturated carbocycles. The Bertz CT molecular complexity index is 396. The third kappa shape index (κ3) is 3.45. The van der Waals surface area contributed by atoms with Crippen LogP contribution in [0.15, 0.2) is 18.2 Å². The normalized spacial score (nSPS) is 13.5. The second-order valence-corrected chi connectivity index (χ2v) is 5.96. The number of hydrogen-bond acceptors (Lipinski definition) is 2. The van der Waals surface area contributed by atoms with Gasteiger partial charge in [-0.25, -0.2) is 4.39 Å². The second-order valence-electron chi connectivity index (χ2n) is 5.96. The highest BCUT2D eigenvalue weighted by Gasteiger charge is 2.25. The van der Waals surface area contributed by atoms with E-state index in [0.29, 0.717) is 12.6 Å². The van der Waals surface area contributed by atoms with Gasteiger partial charge in [-0.1, -0.05) is 20.8 Å². The van der Waals surface area contributed by atoms with Crippen molar-refractivity contribution in [3.05, 3.63) is 29.6 Å². The maximum Gasteiger partial charge on any atom is 0.123 e. The number of anilines is 1. The minimum atomic E-state index is -0.180. The van der Waals surface area contributed by atoms with E-state index in [1.807, 2.05) is 13.1 Å². The van der Waals surface area contributed by atoms with Gasteiger partial charge in [-0.3, -0.25) is 0 Å². The largest absolute Gasteiger partial charge is 0.371 e. The summed E-state index contributed by atoms with van der Waals surface area (Å²) in [6.07, 6.45) is 0. The molecule has 0 amide bonds. The molecule has 0 saturated heterocycles. The van der Waals surface area contributed by atoms with Gasteiger partial charge in [-0.2, -0.15) is 0 Å². The summed E-state index contributed by atoms with van der Waals surface area (Å²) in [4.78, 5) is 2.23. The summed E-state index contributed by atoms with van der Waals surface area (Å²) < 4.78 is 13.3. The Kier molecular flexibility index (Phi) is 4.74. The van der Waals surface area contributed by atoms with E-state index in [4.69, 9.17) is 0 Å². The van der Waals surface area contributed by atoms with Gasteiger partial charge in [-0.05, 0) is 43.1 Å². The highest BCUT2D eigenvalue weighted by Crippen LogP contribution is 2.29. The molecular weight excluding hydrogens is 227 g/mol. The van der Waals surface area contributed by atoms with Crippen molar-refractivity contribution in [3.63, 3.8) is 0 Å². The lowest BCUT2D eigenvalue weighted by Crippen LogP contribution is -2.40. The van der Waals surface area contributed by atoms with Crippen LogP contribution in [0.4, 0.5) is 10.1 Å². The molecule has 2 nitrogen and oxygen atoms in total. The molecule has 0 heterocycles.